The summed E-state index contributed by atoms with van der Waals surface area (Å²) in [7, 11) is 1.75. The summed E-state index contributed by atoms with van der Waals surface area (Å²) in [6.45, 7) is 4.42. The van der Waals surface area contributed by atoms with Gasteiger partial charge in [0.15, 0.2) is 0 Å². The molecular formula is C42H60N4O5. The lowest BCUT2D eigenvalue weighted by atomic mass is 9.82. The van der Waals surface area contributed by atoms with Gasteiger partial charge >= 0.3 is 0 Å². The van der Waals surface area contributed by atoms with E-state index in [9.17, 15) is 24.6 Å². The summed E-state index contributed by atoms with van der Waals surface area (Å²) in [5, 5.41) is 27.9. The predicted molar refractivity (Wildman–Crippen MR) is 200 cm³/mol. The molecule has 0 spiro atoms. The Bertz CT molecular complexity index is 1450. The molecule has 1 fully saturated rings. The third-order valence-corrected chi connectivity index (χ3v) is 10.6. The number of carbonyl (C=O) groups excluding carboxylic acids is 3. The van der Waals surface area contributed by atoms with Crippen LogP contribution in [0.3, 0.4) is 0 Å². The molecule has 2 aromatic rings. The highest BCUT2D eigenvalue weighted by Gasteiger charge is 2.34. The first-order valence-electron chi connectivity index (χ1n) is 19.2. The molecule has 2 aliphatic rings. The van der Waals surface area contributed by atoms with Crippen molar-refractivity contribution in [1.82, 2.24) is 20.5 Å². The summed E-state index contributed by atoms with van der Waals surface area (Å²) in [5.74, 6) is 1.16. The average Bonchev–Trinajstić information content (AvgIpc) is 3.13. The number of terminal acetylenes is 1. The molecule has 1 aromatic carbocycles. The molecule has 9 heteroatoms. The fourth-order valence-electron chi connectivity index (χ4n) is 7.59. The van der Waals surface area contributed by atoms with Crippen molar-refractivity contribution in [2.75, 3.05) is 13.6 Å². The molecule has 51 heavy (non-hydrogen) atoms. The van der Waals surface area contributed by atoms with Gasteiger partial charge in [0.25, 0.3) is 0 Å². The van der Waals surface area contributed by atoms with Crippen LogP contribution in [0.1, 0.15) is 107 Å². The number of rotatable bonds is 18. The highest BCUT2D eigenvalue weighted by Crippen LogP contribution is 2.29. The minimum atomic E-state index is -1.16. The fourth-order valence-corrected chi connectivity index (χ4v) is 7.59. The fraction of sp³-hybridized carbons (Fsp3) is 0.619. The quantitative estimate of drug-likeness (QED) is 0.163. The maximum Gasteiger partial charge on any atom is 0.243 e. The van der Waals surface area contributed by atoms with E-state index < -0.39 is 42.0 Å². The van der Waals surface area contributed by atoms with E-state index in [-0.39, 0.29) is 24.7 Å². The first kappa shape index (κ1) is 40.0. The minimum Gasteiger partial charge on any atom is -0.390 e. The van der Waals surface area contributed by atoms with Crippen LogP contribution in [0.15, 0.2) is 42.6 Å². The Kier molecular flexibility index (Phi) is 16.0. The Morgan fingerprint density at radius 2 is 1.69 bits per heavy atom. The van der Waals surface area contributed by atoms with Crippen LogP contribution in [0.2, 0.25) is 0 Å². The van der Waals surface area contributed by atoms with Gasteiger partial charge in [0, 0.05) is 44.7 Å². The van der Waals surface area contributed by atoms with Crippen molar-refractivity contribution in [3.63, 3.8) is 0 Å². The van der Waals surface area contributed by atoms with Gasteiger partial charge in [-0.15, -0.1) is 12.3 Å². The van der Waals surface area contributed by atoms with Gasteiger partial charge in [0.05, 0.1) is 18.1 Å². The van der Waals surface area contributed by atoms with E-state index in [4.69, 9.17) is 6.42 Å². The van der Waals surface area contributed by atoms with Gasteiger partial charge in [-0.3, -0.25) is 19.4 Å². The number of carbonyl (C=O) groups is 3. The predicted octanol–water partition coefficient (Wildman–Crippen LogP) is 4.94. The van der Waals surface area contributed by atoms with E-state index in [1.165, 1.54) is 30.4 Å². The van der Waals surface area contributed by atoms with Crippen molar-refractivity contribution in [3.8, 4) is 12.3 Å². The third kappa shape index (κ3) is 12.8. The Morgan fingerprint density at radius 3 is 2.37 bits per heavy atom. The summed E-state index contributed by atoms with van der Waals surface area (Å²) in [6, 6.07) is 9.93. The molecule has 1 unspecified atom stereocenters. The van der Waals surface area contributed by atoms with Crippen molar-refractivity contribution in [3.05, 3.63) is 65.0 Å². The lowest BCUT2D eigenvalue weighted by Gasteiger charge is -2.33. The molecule has 1 saturated carbocycles. The lowest BCUT2D eigenvalue weighted by Crippen LogP contribution is -2.56. The van der Waals surface area contributed by atoms with E-state index in [0.29, 0.717) is 38.1 Å². The van der Waals surface area contributed by atoms with Crippen LogP contribution in [0.4, 0.5) is 0 Å². The smallest absolute Gasteiger partial charge is 0.243 e. The maximum absolute atomic E-state index is 13.9. The summed E-state index contributed by atoms with van der Waals surface area (Å²) in [6.07, 6.45) is 17.2. The Hall–Kier alpha value is -3.74. The van der Waals surface area contributed by atoms with Crippen molar-refractivity contribution in [2.45, 2.75) is 134 Å². The molecule has 9 nitrogen and oxygen atoms in total. The van der Waals surface area contributed by atoms with E-state index in [2.05, 4.69) is 27.6 Å². The maximum atomic E-state index is 13.9. The van der Waals surface area contributed by atoms with Crippen LogP contribution in [-0.4, -0.2) is 75.7 Å². The second-order valence-electron chi connectivity index (χ2n) is 15.3. The van der Waals surface area contributed by atoms with Gasteiger partial charge in [-0.2, -0.15) is 0 Å². The number of pyridine rings is 1. The van der Waals surface area contributed by atoms with E-state index >= 15 is 0 Å². The monoisotopic (exact) mass is 700 g/mol. The number of hydrogen-bond donors (Lipinski definition) is 4. The first-order valence-corrected chi connectivity index (χ1v) is 19.2. The number of nitrogens with one attached hydrogen (secondary N) is 2. The standard InChI is InChI=1S/C42H60N4O5/c1-5-14-36(42(51)45-37(25-31-17-10-7-11-18-31)40(49)38(47)23-29(2)3)44-41(50)34(24-30-15-8-6-9-16-30)27-39(48)46(4)22-21-35-26-32-19-12-13-20-33(32)28-43-35/h1,6,8-9,15-16,26,28-29,31,34,36-38,40,47,49H,7,10-14,17-25,27H2,2-4H3,(H,44,50)(H,45,51)/t34?,36-,37-,38-,40+/m0/s1. The van der Waals surface area contributed by atoms with Crippen LogP contribution in [-0.2, 0) is 40.1 Å². The average molecular weight is 701 g/mol. The summed E-state index contributed by atoms with van der Waals surface area (Å²) in [4.78, 5) is 47.6. The van der Waals surface area contributed by atoms with E-state index in [0.717, 1.165) is 49.8 Å². The van der Waals surface area contributed by atoms with Gasteiger partial charge in [-0.25, -0.2) is 0 Å². The molecule has 278 valence electrons. The lowest BCUT2D eigenvalue weighted by molar-refractivity contribution is -0.136. The largest absolute Gasteiger partial charge is 0.390 e. The Balaban J connectivity index is 1.44. The zero-order chi connectivity index (χ0) is 36.8. The molecule has 0 radical (unpaired) electrons. The summed E-state index contributed by atoms with van der Waals surface area (Å²) in [5.41, 5.74) is 4.53. The molecule has 1 heterocycles. The number of amides is 3. The SMILES string of the molecule is C#CC[C@H](NC(=O)C(CC(=O)N(C)CCc1cc2c(cn1)CCCC2)Cc1ccccc1)C(=O)N[C@@H](CC1CCCCC1)[C@@H](O)[C@@H](O)CC(C)C. The topological polar surface area (TPSA) is 132 Å². The highest BCUT2D eigenvalue weighted by atomic mass is 16.3. The number of aromatic nitrogens is 1. The van der Waals surface area contributed by atoms with Crippen LogP contribution in [0.5, 0.6) is 0 Å². The first-order chi connectivity index (χ1) is 24.5. The molecule has 4 rings (SSSR count). The van der Waals surface area contributed by atoms with Crippen LogP contribution in [0.25, 0.3) is 0 Å². The Morgan fingerprint density at radius 1 is 0.980 bits per heavy atom. The van der Waals surface area contributed by atoms with Crippen molar-refractivity contribution in [1.29, 1.82) is 0 Å². The van der Waals surface area contributed by atoms with Gasteiger partial charge in [0.2, 0.25) is 17.7 Å². The molecule has 4 N–H and O–H groups in total. The van der Waals surface area contributed by atoms with Crippen molar-refractivity contribution < 1.29 is 24.6 Å². The van der Waals surface area contributed by atoms with Gasteiger partial charge < -0.3 is 25.7 Å². The number of likely N-dealkylation sites (N-methyl/N-ethyl adjacent to an activating group) is 1. The molecule has 5 atom stereocenters. The molecule has 0 aliphatic heterocycles. The number of nitrogens with zero attached hydrogens (tertiary/aromatic N) is 2. The number of aliphatic hydroxyl groups is 2. The van der Waals surface area contributed by atoms with Crippen LogP contribution >= 0.6 is 0 Å². The molecule has 3 amide bonds. The second-order valence-corrected chi connectivity index (χ2v) is 15.3. The third-order valence-electron chi connectivity index (χ3n) is 10.6. The number of aliphatic hydroxyl groups excluding tert-OH is 2. The molecule has 2 aliphatic carbocycles. The normalized spacial score (nSPS) is 17.7. The highest BCUT2D eigenvalue weighted by molar-refractivity contribution is 5.91. The zero-order valence-electron chi connectivity index (χ0n) is 31.0. The van der Waals surface area contributed by atoms with E-state index in [1.807, 2.05) is 50.4 Å². The van der Waals surface area contributed by atoms with Crippen LogP contribution in [0, 0.1) is 30.1 Å². The number of aryl methyl sites for hydroxylation is 2. The molecule has 1 aromatic heterocycles. The number of benzene rings is 1. The van der Waals surface area contributed by atoms with Crippen molar-refractivity contribution in [2.24, 2.45) is 17.8 Å². The number of fused-ring (bicyclic) bond motifs is 1. The molecule has 0 bridgehead atoms. The van der Waals surface area contributed by atoms with Crippen LogP contribution < -0.4 is 10.6 Å². The summed E-state index contributed by atoms with van der Waals surface area (Å²) >= 11 is 0. The van der Waals surface area contributed by atoms with Gasteiger partial charge in [0.1, 0.15) is 12.1 Å². The van der Waals surface area contributed by atoms with Crippen molar-refractivity contribution >= 4 is 17.7 Å². The molecular weight excluding hydrogens is 640 g/mol. The summed E-state index contributed by atoms with van der Waals surface area (Å²) < 4.78 is 0. The second kappa shape index (κ2) is 20.3. The molecule has 0 saturated heterocycles. The van der Waals surface area contributed by atoms with E-state index in [1.54, 1.807) is 11.9 Å². The number of hydrogen-bond acceptors (Lipinski definition) is 6. The minimum absolute atomic E-state index is 0.0380. The zero-order valence-corrected chi connectivity index (χ0v) is 31.0. The van der Waals surface area contributed by atoms with Gasteiger partial charge in [-0.1, -0.05) is 76.3 Å². The Labute approximate surface area is 305 Å². The van der Waals surface area contributed by atoms with Gasteiger partial charge in [-0.05, 0) is 79.5 Å².